The molecule has 4 rings (SSSR count). The molecule has 2 aromatic rings. The first kappa shape index (κ1) is 25.3. The van der Waals surface area contributed by atoms with Gasteiger partial charge in [-0.15, -0.1) is 0 Å². The third-order valence-electron chi connectivity index (χ3n) is 5.04. The lowest BCUT2D eigenvalue weighted by atomic mass is 10.1. The zero-order valence-corrected chi connectivity index (χ0v) is 21.2. The topological polar surface area (TPSA) is 139 Å². The highest BCUT2D eigenvalue weighted by atomic mass is 32.2. The lowest BCUT2D eigenvalue weighted by molar-refractivity contribution is -0.114. The average Bonchev–Trinajstić information content (AvgIpc) is 3.27. The minimum Gasteiger partial charge on any atom is -0.493 e. The molecule has 0 fully saturated rings. The zero-order chi connectivity index (χ0) is 26.0. The lowest BCUT2D eigenvalue weighted by Crippen LogP contribution is -2.46. The monoisotopic (exact) mass is 526 g/mol. The molecule has 0 aliphatic carbocycles. The quantitative estimate of drug-likeness (QED) is 0.261. The SMILES string of the molecule is COc1cc(/C=C2/C(=N)N3C(=NC2=O)SN=C3S(=O)(=O)CC(C)C)ccc1OC(=O)c1ccccc1. The fraction of sp³-hybridized carbons (Fsp3) is 0.208. The van der Waals surface area contributed by atoms with Crippen LogP contribution in [0, 0.1) is 11.3 Å². The molecule has 1 N–H and O–H groups in total. The van der Waals surface area contributed by atoms with E-state index in [1.165, 1.54) is 25.3 Å². The molecule has 2 aliphatic heterocycles. The molecule has 0 radical (unpaired) electrons. The van der Waals surface area contributed by atoms with Crippen molar-refractivity contribution in [3.8, 4) is 11.5 Å². The maximum atomic E-state index is 12.8. The van der Waals surface area contributed by atoms with Crippen molar-refractivity contribution < 1.29 is 27.5 Å². The van der Waals surface area contributed by atoms with Crippen LogP contribution in [0.3, 0.4) is 0 Å². The highest BCUT2D eigenvalue weighted by molar-refractivity contribution is 8.16. The van der Waals surface area contributed by atoms with Crippen molar-refractivity contribution in [3.05, 3.63) is 65.2 Å². The van der Waals surface area contributed by atoms with E-state index >= 15 is 0 Å². The maximum absolute atomic E-state index is 12.8. The third kappa shape index (κ3) is 5.09. The van der Waals surface area contributed by atoms with Gasteiger partial charge in [0.1, 0.15) is 5.84 Å². The average molecular weight is 527 g/mol. The van der Waals surface area contributed by atoms with E-state index in [4.69, 9.17) is 14.9 Å². The Labute approximate surface area is 212 Å². The van der Waals surface area contributed by atoms with Crippen molar-refractivity contribution in [1.82, 2.24) is 4.90 Å². The molecule has 0 aromatic heterocycles. The van der Waals surface area contributed by atoms with Crippen LogP contribution in [0.2, 0.25) is 0 Å². The number of carbonyl (C=O) groups is 2. The van der Waals surface area contributed by atoms with E-state index in [9.17, 15) is 18.0 Å². The van der Waals surface area contributed by atoms with Gasteiger partial charge in [0, 0.05) is 0 Å². The molecule has 0 unspecified atom stereocenters. The minimum atomic E-state index is -3.80. The summed E-state index contributed by atoms with van der Waals surface area (Å²) in [5.74, 6) is -1.52. The molecule has 1 amide bonds. The van der Waals surface area contributed by atoms with Crippen molar-refractivity contribution in [1.29, 1.82) is 5.41 Å². The standard InChI is InChI=1S/C24H22N4O6S2/c1-14(2)13-36(31,32)24-27-35-23-26-21(29)17(20(25)28(23)24)11-15-9-10-18(19(12-15)33-3)34-22(30)16-7-5-4-6-8-16/h4-12,14,25H,13H2,1-3H3/b17-11-,25-20?. The smallest absolute Gasteiger partial charge is 0.343 e. The van der Waals surface area contributed by atoms with E-state index in [1.54, 1.807) is 50.2 Å². The number of esters is 1. The van der Waals surface area contributed by atoms with E-state index < -0.39 is 21.7 Å². The van der Waals surface area contributed by atoms with Gasteiger partial charge in [-0.2, -0.15) is 9.39 Å². The summed E-state index contributed by atoms with van der Waals surface area (Å²) in [6, 6.07) is 13.1. The Kier molecular flexibility index (Phi) is 7.09. The summed E-state index contributed by atoms with van der Waals surface area (Å²) in [7, 11) is -2.40. The molecular weight excluding hydrogens is 504 g/mol. The Morgan fingerprint density at radius 3 is 2.56 bits per heavy atom. The summed E-state index contributed by atoms with van der Waals surface area (Å²) in [5.41, 5.74) is 0.701. The highest BCUT2D eigenvalue weighted by Crippen LogP contribution is 2.33. The molecular formula is C24H22N4O6S2. The number of sulfone groups is 1. The third-order valence-corrected chi connectivity index (χ3v) is 7.79. The van der Waals surface area contributed by atoms with Crippen LogP contribution in [0.25, 0.3) is 6.08 Å². The first-order valence-corrected chi connectivity index (χ1v) is 13.2. The van der Waals surface area contributed by atoms with Crippen molar-refractivity contribution in [2.45, 2.75) is 13.8 Å². The predicted octanol–water partition coefficient (Wildman–Crippen LogP) is 3.56. The van der Waals surface area contributed by atoms with Gasteiger partial charge in [0.05, 0.1) is 35.9 Å². The number of nitrogens with zero attached hydrogens (tertiary/aromatic N) is 3. The second-order valence-electron chi connectivity index (χ2n) is 8.25. The number of benzene rings is 2. The number of hydrogen-bond acceptors (Lipinski definition) is 9. The van der Waals surface area contributed by atoms with Crippen molar-refractivity contribution in [3.63, 3.8) is 0 Å². The molecule has 36 heavy (non-hydrogen) atoms. The van der Waals surface area contributed by atoms with E-state index in [0.717, 1.165) is 16.8 Å². The number of methoxy groups -OCH3 is 1. The number of nitrogens with one attached hydrogen (secondary N) is 1. The summed E-state index contributed by atoms with van der Waals surface area (Å²) in [6.07, 6.45) is 1.39. The van der Waals surface area contributed by atoms with Crippen LogP contribution in [-0.4, -0.2) is 54.2 Å². The zero-order valence-electron chi connectivity index (χ0n) is 19.6. The van der Waals surface area contributed by atoms with Crippen LogP contribution in [0.1, 0.15) is 29.8 Å². The Morgan fingerprint density at radius 1 is 1.17 bits per heavy atom. The van der Waals surface area contributed by atoms with Crippen LogP contribution < -0.4 is 9.47 Å². The summed E-state index contributed by atoms with van der Waals surface area (Å²) in [6.45, 7) is 3.53. The first-order valence-electron chi connectivity index (χ1n) is 10.8. The largest absolute Gasteiger partial charge is 0.493 e. The molecule has 12 heteroatoms. The fourth-order valence-electron chi connectivity index (χ4n) is 3.47. The second-order valence-corrected chi connectivity index (χ2v) is 10.9. The van der Waals surface area contributed by atoms with Crippen LogP contribution >= 0.6 is 11.9 Å². The maximum Gasteiger partial charge on any atom is 0.343 e. The van der Waals surface area contributed by atoms with E-state index in [1.807, 2.05) is 0 Å². The summed E-state index contributed by atoms with van der Waals surface area (Å²) in [4.78, 5) is 30.1. The van der Waals surface area contributed by atoms with Crippen molar-refractivity contribution >= 4 is 55.9 Å². The fourth-order valence-corrected chi connectivity index (χ4v) is 6.20. The second kappa shape index (κ2) is 10.1. The van der Waals surface area contributed by atoms with E-state index in [-0.39, 0.29) is 44.9 Å². The molecule has 2 heterocycles. The van der Waals surface area contributed by atoms with Gasteiger partial charge in [-0.05, 0) is 41.8 Å². The molecule has 10 nitrogen and oxygen atoms in total. The molecule has 0 saturated carbocycles. The number of carbonyl (C=O) groups excluding carboxylic acids is 2. The van der Waals surface area contributed by atoms with Crippen LogP contribution in [-0.2, 0) is 14.6 Å². The molecule has 2 aliphatic rings. The summed E-state index contributed by atoms with van der Waals surface area (Å²) < 4.78 is 40.4. The van der Waals surface area contributed by atoms with Gasteiger partial charge in [-0.1, -0.05) is 38.1 Å². The van der Waals surface area contributed by atoms with E-state index in [0.29, 0.717) is 11.1 Å². The van der Waals surface area contributed by atoms with Gasteiger partial charge >= 0.3 is 5.97 Å². The first-order chi connectivity index (χ1) is 17.1. The van der Waals surface area contributed by atoms with Gasteiger partial charge in [-0.3, -0.25) is 10.2 Å². The number of ether oxygens (including phenoxy) is 2. The number of aliphatic imine (C=N–C) groups is 1. The Morgan fingerprint density at radius 2 is 1.89 bits per heavy atom. The van der Waals surface area contributed by atoms with Gasteiger partial charge in [0.2, 0.25) is 20.2 Å². The number of amidine groups is 3. The number of hydrogen-bond donors (Lipinski definition) is 1. The number of amides is 1. The molecule has 0 spiro atoms. The molecule has 0 bridgehead atoms. The summed E-state index contributed by atoms with van der Waals surface area (Å²) >= 11 is 0.743. The van der Waals surface area contributed by atoms with Crippen LogP contribution in [0.4, 0.5) is 0 Å². The molecule has 0 saturated heterocycles. The van der Waals surface area contributed by atoms with Crippen LogP contribution in [0.5, 0.6) is 11.5 Å². The Hall–Kier alpha value is -3.77. The van der Waals surface area contributed by atoms with E-state index in [2.05, 4.69) is 9.39 Å². The lowest BCUT2D eigenvalue weighted by Gasteiger charge is -2.24. The van der Waals surface area contributed by atoms with Gasteiger partial charge in [0.15, 0.2) is 11.5 Å². The number of rotatable bonds is 6. The van der Waals surface area contributed by atoms with Crippen LogP contribution in [0.15, 0.2) is 63.5 Å². The molecule has 0 atom stereocenters. The van der Waals surface area contributed by atoms with Crippen molar-refractivity contribution in [2.75, 3.05) is 12.9 Å². The Bertz CT molecular complexity index is 1450. The number of fused-ring (bicyclic) bond motifs is 1. The summed E-state index contributed by atoms with van der Waals surface area (Å²) in [5, 5.41) is 8.27. The predicted molar refractivity (Wildman–Crippen MR) is 138 cm³/mol. The Balaban J connectivity index is 1.62. The van der Waals surface area contributed by atoms with Gasteiger partial charge in [0.25, 0.3) is 5.91 Å². The highest BCUT2D eigenvalue weighted by Gasteiger charge is 2.42. The molecule has 186 valence electrons. The molecule has 2 aromatic carbocycles. The normalized spacial score (nSPS) is 16.7. The minimum absolute atomic E-state index is 0.0187. The van der Waals surface area contributed by atoms with Gasteiger partial charge in [-0.25, -0.2) is 18.1 Å². The van der Waals surface area contributed by atoms with Crippen molar-refractivity contribution in [2.24, 2.45) is 15.3 Å². The van der Waals surface area contributed by atoms with Gasteiger partial charge < -0.3 is 9.47 Å².